The van der Waals surface area contributed by atoms with E-state index in [0.29, 0.717) is 0 Å². The summed E-state index contributed by atoms with van der Waals surface area (Å²) in [4.78, 5) is 0. The molecule has 0 bridgehead atoms. The molecule has 0 aliphatic heterocycles. The summed E-state index contributed by atoms with van der Waals surface area (Å²) in [5, 5.41) is 0. The SMILES string of the molecule is C[P+](=O)OCCOCCOCC(F)(F)C(F)(F)C(F)(F)F. The smallest absolute Gasteiger partial charge is 0.376 e. The van der Waals surface area contributed by atoms with Crippen molar-refractivity contribution in [2.45, 2.75) is 18.0 Å². The molecule has 1 atom stereocenters. The number of rotatable bonds is 10. The van der Waals surface area contributed by atoms with E-state index in [4.69, 9.17) is 4.74 Å². The first-order valence-electron chi connectivity index (χ1n) is 5.43. The predicted octanol–water partition coefficient (Wildman–Crippen LogP) is 3.24. The predicted molar refractivity (Wildman–Crippen MR) is 57.1 cm³/mol. The van der Waals surface area contributed by atoms with Gasteiger partial charge in [0.1, 0.15) is 13.2 Å². The Bertz CT molecular complexity index is 335. The number of halogens is 7. The van der Waals surface area contributed by atoms with Crippen molar-refractivity contribution < 1.29 is 49.3 Å². The number of hydrogen-bond donors (Lipinski definition) is 0. The molecule has 0 spiro atoms. The Morgan fingerprint density at radius 2 is 1.33 bits per heavy atom. The van der Waals surface area contributed by atoms with Gasteiger partial charge >= 0.3 is 26.0 Å². The Hall–Kier alpha value is -0.510. The van der Waals surface area contributed by atoms with E-state index in [-0.39, 0.29) is 19.8 Å². The highest BCUT2D eigenvalue weighted by molar-refractivity contribution is 7.38. The maximum Gasteiger partial charge on any atom is 0.504 e. The molecule has 0 N–H and O–H groups in total. The summed E-state index contributed by atoms with van der Waals surface area (Å²) in [6, 6.07) is 0. The van der Waals surface area contributed by atoms with E-state index < -0.39 is 39.3 Å². The third-order valence-electron chi connectivity index (χ3n) is 1.97. The molecule has 0 rings (SSSR count). The number of alkyl halides is 7. The first-order chi connectivity index (χ1) is 9.42. The highest BCUT2D eigenvalue weighted by atomic mass is 31.1. The minimum absolute atomic E-state index is 0.0476. The Labute approximate surface area is 116 Å². The van der Waals surface area contributed by atoms with Crippen LogP contribution in [-0.2, 0) is 18.6 Å². The molecule has 0 aliphatic carbocycles. The highest BCUT2D eigenvalue weighted by Crippen LogP contribution is 2.46. The summed E-state index contributed by atoms with van der Waals surface area (Å²) in [5.74, 6) is -11.6. The third kappa shape index (κ3) is 6.86. The Kier molecular flexibility index (Phi) is 8.01. The van der Waals surface area contributed by atoms with Crippen LogP contribution >= 0.6 is 8.03 Å². The van der Waals surface area contributed by atoms with Crippen molar-refractivity contribution in [1.82, 2.24) is 0 Å². The molecule has 0 heterocycles. The number of ether oxygens (including phenoxy) is 2. The lowest BCUT2D eigenvalue weighted by Crippen LogP contribution is -2.54. The standard InChI is InChI=1S/C9H13F7O4P/c1-21(17)20-5-4-18-2-3-19-6-7(10,11)8(12,13)9(14,15)16/h2-6H2,1H3/q+1. The van der Waals surface area contributed by atoms with E-state index in [9.17, 15) is 35.3 Å². The van der Waals surface area contributed by atoms with E-state index in [1.165, 1.54) is 6.66 Å². The van der Waals surface area contributed by atoms with Crippen molar-refractivity contribution in [2.24, 2.45) is 0 Å². The Morgan fingerprint density at radius 1 is 0.857 bits per heavy atom. The van der Waals surface area contributed by atoms with Crippen LogP contribution in [0.4, 0.5) is 30.7 Å². The average Bonchev–Trinajstić information content (AvgIpc) is 2.30. The Balaban J connectivity index is 3.93. The molecule has 0 aromatic heterocycles. The lowest BCUT2D eigenvalue weighted by atomic mass is 10.2. The molecule has 4 nitrogen and oxygen atoms in total. The molecule has 0 aliphatic rings. The van der Waals surface area contributed by atoms with Crippen LogP contribution in [0.25, 0.3) is 0 Å². The molecule has 0 radical (unpaired) electrons. The van der Waals surface area contributed by atoms with E-state index in [0.717, 1.165) is 0 Å². The summed E-state index contributed by atoms with van der Waals surface area (Å²) in [5.41, 5.74) is 0. The van der Waals surface area contributed by atoms with Gasteiger partial charge in [-0.05, 0) is 4.57 Å². The van der Waals surface area contributed by atoms with Crippen LogP contribution in [0.1, 0.15) is 0 Å². The summed E-state index contributed by atoms with van der Waals surface area (Å²) < 4.78 is 109. The lowest BCUT2D eigenvalue weighted by molar-refractivity contribution is -0.361. The van der Waals surface area contributed by atoms with Crippen LogP contribution in [0.15, 0.2) is 0 Å². The van der Waals surface area contributed by atoms with Gasteiger partial charge in [0.2, 0.25) is 0 Å². The van der Waals surface area contributed by atoms with Crippen molar-refractivity contribution in [3.63, 3.8) is 0 Å². The van der Waals surface area contributed by atoms with Gasteiger partial charge in [0.15, 0.2) is 6.66 Å². The Morgan fingerprint density at radius 3 is 1.81 bits per heavy atom. The maximum atomic E-state index is 12.7. The summed E-state index contributed by atoms with van der Waals surface area (Å²) in [6.07, 6.45) is -6.37. The fourth-order valence-electron chi connectivity index (χ4n) is 0.943. The third-order valence-corrected chi connectivity index (χ3v) is 2.52. The molecule has 12 heteroatoms. The van der Waals surface area contributed by atoms with Crippen molar-refractivity contribution in [3.05, 3.63) is 0 Å². The molecule has 1 unspecified atom stereocenters. The highest BCUT2D eigenvalue weighted by Gasteiger charge is 2.72. The maximum absolute atomic E-state index is 12.7. The van der Waals surface area contributed by atoms with Crippen molar-refractivity contribution in [3.8, 4) is 0 Å². The van der Waals surface area contributed by atoms with Crippen molar-refractivity contribution >= 4 is 8.03 Å². The topological polar surface area (TPSA) is 44.8 Å². The van der Waals surface area contributed by atoms with Crippen LogP contribution in [0.2, 0.25) is 0 Å². The summed E-state index contributed by atoms with van der Waals surface area (Å²) in [7, 11) is -1.82. The zero-order valence-corrected chi connectivity index (χ0v) is 11.7. The van der Waals surface area contributed by atoms with Crippen LogP contribution in [0.5, 0.6) is 0 Å². The minimum Gasteiger partial charge on any atom is -0.376 e. The van der Waals surface area contributed by atoms with Crippen LogP contribution in [0.3, 0.4) is 0 Å². The fourth-order valence-corrected chi connectivity index (χ4v) is 1.27. The van der Waals surface area contributed by atoms with Gasteiger partial charge in [0.25, 0.3) is 0 Å². The first kappa shape index (κ1) is 20.5. The van der Waals surface area contributed by atoms with Gasteiger partial charge in [-0.3, -0.25) is 0 Å². The van der Waals surface area contributed by atoms with E-state index in [1.54, 1.807) is 0 Å². The molecule has 0 saturated carbocycles. The molecule has 0 aromatic carbocycles. The average molecular weight is 349 g/mol. The van der Waals surface area contributed by atoms with Gasteiger partial charge in [0.05, 0.1) is 19.8 Å². The molecule has 0 aromatic rings. The second-order valence-electron chi connectivity index (χ2n) is 3.71. The van der Waals surface area contributed by atoms with Gasteiger partial charge in [-0.2, -0.15) is 30.7 Å². The molecule has 21 heavy (non-hydrogen) atoms. The van der Waals surface area contributed by atoms with Crippen LogP contribution in [0, 0.1) is 0 Å². The van der Waals surface area contributed by atoms with Crippen LogP contribution in [-0.4, -0.2) is 57.7 Å². The minimum atomic E-state index is -6.37. The second kappa shape index (κ2) is 8.21. The first-order valence-corrected chi connectivity index (χ1v) is 7.06. The molecule has 0 fully saturated rings. The summed E-state index contributed by atoms with van der Waals surface area (Å²) >= 11 is 0. The lowest BCUT2D eigenvalue weighted by Gasteiger charge is -2.27. The zero-order chi connectivity index (χ0) is 16.7. The normalized spacial score (nSPS) is 14.4. The van der Waals surface area contributed by atoms with E-state index >= 15 is 0 Å². The number of hydrogen-bond acceptors (Lipinski definition) is 4. The van der Waals surface area contributed by atoms with Crippen LogP contribution < -0.4 is 0 Å². The van der Waals surface area contributed by atoms with Gasteiger partial charge in [-0.1, -0.05) is 0 Å². The fraction of sp³-hybridized carbons (Fsp3) is 1.00. The van der Waals surface area contributed by atoms with Crippen molar-refractivity contribution in [2.75, 3.05) is 39.7 Å². The van der Waals surface area contributed by atoms with Gasteiger partial charge in [0, 0.05) is 0 Å². The molecular weight excluding hydrogens is 336 g/mol. The zero-order valence-electron chi connectivity index (χ0n) is 10.8. The second-order valence-corrected chi connectivity index (χ2v) is 4.85. The largest absolute Gasteiger partial charge is 0.504 e. The van der Waals surface area contributed by atoms with E-state index in [1.807, 2.05) is 0 Å². The summed E-state index contributed by atoms with van der Waals surface area (Å²) in [6.45, 7) is -1.84. The molecule has 0 saturated heterocycles. The van der Waals surface area contributed by atoms with Gasteiger partial charge < -0.3 is 9.47 Å². The monoisotopic (exact) mass is 349 g/mol. The molecular formula is C9H13F7O4P+. The van der Waals surface area contributed by atoms with Crippen molar-refractivity contribution in [1.29, 1.82) is 0 Å². The molecule has 0 amide bonds. The quantitative estimate of drug-likeness (QED) is 0.345. The van der Waals surface area contributed by atoms with E-state index in [2.05, 4.69) is 9.26 Å². The molecule has 126 valence electrons. The van der Waals surface area contributed by atoms with Gasteiger partial charge in [-0.25, -0.2) is 0 Å². The van der Waals surface area contributed by atoms with Gasteiger partial charge in [-0.15, -0.1) is 4.52 Å².